The molecule has 1 aliphatic heterocycles. The number of para-hydroxylation sites is 1. The van der Waals surface area contributed by atoms with Crippen LogP contribution < -0.4 is 4.74 Å². The van der Waals surface area contributed by atoms with Crippen molar-refractivity contribution < 1.29 is 19.1 Å². The largest absolute Gasteiger partial charge is 0.492 e. The number of benzene rings is 2. The minimum absolute atomic E-state index is 0.247. The first kappa shape index (κ1) is 16.8. The number of carbonyl (C=O) groups excluding carboxylic acids is 2. The van der Waals surface area contributed by atoms with Gasteiger partial charge in [0.15, 0.2) is 12.4 Å². The average molecular weight is 365 g/mol. The predicted molar refractivity (Wildman–Crippen MR) is 90.9 cm³/mol. The Bertz CT molecular complexity index is 788. The van der Waals surface area contributed by atoms with Gasteiger partial charge in [-0.2, -0.15) is 0 Å². The number of halogens is 2. The molecule has 0 saturated carbocycles. The molecular weight excluding hydrogens is 351 g/mol. The Balaban J connectivity index is 1.58. The van der Waals surface area contributed by atoms with Crippen LogP contribution in [0.2, 0.25) is 10.0 Å². The Kier molecular flexibility index (Phi) is 5.07. The number of esters is 1. The molecule has 0 spiro atoms. The molecule has 0 aliphatic carbocycles. The van der Waals surface area contributed by atoms with E-state index in [4.69, 9.17) is 32.7 Å². The van der Waals surface area contributed by atoms with Crippen molar-refractivity contribution in [2.45, 2.75) is 6.42 Å². The van der Waals surface area contributed by atoms with Crippen LogP contribution in [0.1, 0.15) is 15.9 Å². The van der Waals surface area contributed by atoms with Crippen molar-refractivity contribution >= 4 is 35.0 Å². The summed E-state index contributed by atoms with van der Waals surface area (Å²) < 4.78 is 10.7. The van der Waals surface area contributed by atoms with Gasteiger partial charge in [-0.1, -0.05) is 41.4 Å². The second-order valence-electron chi connectivity index (χ2n) is 5.48. The predicted octanol–water partition coefficient (Wildman–Crippen LogP) is 3.97. The van der Waals surface area contributed by atoms with Crippen LogP contribution in [-0.4, -0.2) is 25.0 Å². The van der Waals surface area contributed by atoms with E-state index in [-0.39, 0.29) is 24.0 Å². The monoisotopic (exact) mass is 364 g/mol. The van der Waals surface area contributed by atoms with Crippen LogP contribution in [-0.2, 0) is 16.0 Å². The van der Waals surface area contributed by atoms with Gasteiger partial charge in [0.2, 0.25) is 0 Å². The molecule has 0 saturated heterocycles. The van der Waals surface area contributed by atoms with Crippen molar-refractivity contribution in [3.05, 3.63) is 63.6 Å². The summed E-state index contributed by atoms with van der Waals surface area (Å²) in [6.45, 7) is -0.0915. The third-order valence-corrected chi connectivity index (χ3v) is 4.54. The van der Waals surface area contributed by atoms with Crippen LogP contribution >= 0.6 is 23.2 Å². The first-order valence-corrected chi connectivity index (χ1v) is 8.16. The fourth-order valence-electron chi connectivity index (χ4n) is 2.49. The van der Waals surface area contributed by atoms with Gasteiger partial charge in [0, 0.05) is 5.56 Å². The highest BCUT2D eigenvalue weighted by atomic mass is 35.5. The maximum absolute atomic E-state index is 12.2. The highest BCUT2D eigenvalue weighted by Gasteiger charge is 2.27. The van der Waals surface area contributed by atoms with Crippen molar-refractivity contribution in [2.24, 2.45) is 5.92 Å². The normalized spacial score (nSPS) is 16.0. The van der Waals surface area contributed by atoms with E-state index in [1.54, 1.807) is 6.07 Å². The molecule has 1 atom stereocenters. The fourth-order valence-corrected chi connectivity index (χ4v) is 2.78. The molecule has 0 N–H and O–H groups in total. The van der Waals surface area contributed by atoms with E-state index < -0.39 is 11.9 Å². The van der Waals surface area contributed by atoms with E-state index in [0.717, 1.165) is 11.3 Å². The van der Waals surface area contributed by atoms with Gasteiger partial charge in [-0.25, -0.2) is 0 Å². The molecule has 3 rings (SSSR count). The fraction of sp³-hybridized carbons (Fsp3) is 0.222. The summed E-state index contributed by atoms with van der Waals surface area (Å²) in [4.78, 5) is 24.2. The quantitative estimate of drug-likeness (QED) is 0.608. The van der Waals surface area contributed by atoms with Crippen molar-refractivity contribution in [1.29, 1.82) is 0 Å². The zero-order chi connectivity index (χ0) is 17.1. The molecule has 0 fully saturated rings. The number of ketones is 1. The Morgan fingerprint density at radius 3 is 2.71 bits per heavy atom. The molecule has 1 heterocycles. The van der Waals surface area contributed by atoms with Gasteiger partial charge in [0.05, 0.1) is 16.0 Å². The molecule has 0 bridgehead atoms. The Morgan fingerprint density at radius 2 is 1.92 bits per heavy atom. The lowest BCUT2D eigenvalue weighted by Gasteiger charge is -2.23. The zero-order valence-electron chi connectivity index (χ0n) is 12.6. The van der Waals surface area contributed by atoms with Crippen molar-refractivity contribution in [3.63, 3.8) is 0 Å². The molecule has 24 heavy (non-hydrogen) atoms. The summed E-state index contributed by atoms with van der Waals surface area (Å²) >= 11 is 11.7. The molecule has 2 aromatic carbocycles. The number of hydrogen-bond acceptors (Lipinski definition) is 4. The summed E-state index contributed by atoms with van der Waals surface area (Å²) in [5.74, 6) is -0.410. The standard InChI is InChI=1S/C18H14Cl2O4/c19-14-6-5-11(8-15(14)20)16(21)10-24-18(22)13-7-12-3-1-2-4-17(12)23-9-13/h1-6,8,13H,7,9-10H2/t13-/m0/s1. The van der Waals surface area contributed by atoms with E-state index in [1.807, 2.05) is 24.3 Å². The summed E-state index contributed by atoms with van der Waals surface area (Å²) in [6.07, 6.45) is 0.538. The molecule has 4 nitrogen and oxygen atoms in total. The summed E-state index contributed by atoms with van der Waals surface area (Å²) in [5.41, 5.74) is 1.31. The van der Waals surface area contributed by atoms with Crippen LogP contribution in [0, 0.1) is 5.92 Å². The van der Waals surface area contributed by atoms with Gasteiger partial charge < -0.3 is 9.47 Å². The number of hydrogen-bond donors (Lipinski definition) is 0. The minimum atomic E-state index is -0.446. The molecular formula is C18H14Cl2O4. The van der Waals surface area contributed by atoms with E-state index in [0.29, 0.717) is 17.0 Å². The average Bonchev–Trinajstić information content (AvgIpc) is 2.61. The molecule has 124 valence electrons. The lowest BCUT2D eigenvalue weighted by atomic mass is 9.97. The van der Waals surface area contributed by atoms with Gasteiger partial charge in [-0.15, -0.1) is 0 Å². The summed E-state index contributed by atoms with van der Waals surface area (Å²) in [7, 11) is 0. The Hall–Kier alpha value is -2.04. The molecule has 6 heteroatoms. The van der Waals surface area contributed by atoms with Crippen LogP contribution in [0.25, 0.3) is 0 Å². The van der Waals surface area contributed by atoms with Gasteiger partial charge in [0.1, 0.15) is 12.4 Å². The van der Waals surface area contributed by atoms with E-state index in [9.17, 15) is 9.59 Å². The van der Waals surface area contributed by atoms with Crippen LogP contribution in [0.4, 0.5) is 0 Å². The first-order valence-electron chi connectivity index (χ1n) is 7.40. The van der Waals surface area contributed by atoms with Crippen molar-refractivity contribution in [3.8, 4) is 5.75 Å². The zero-order valence-corrected chi connectivity index (χ0v) is 14.1. The molecule has 1 aliphatic rings. The maximum atomic E-state index is 12.2. The molecule has 2 aromatic rings. The SMILES string of the molecule is O=C(COC(=O)[C@@H]1COc2ccccc2C1)c1ccc(Cl)c(Cl)c1. The van der Waals surface area contributed by atoms with Crippen LogP contribution in [0.3, 0.4) is 0 Å². The summed E-state index contributed by atoms with van der Waals surface area (Å²) in [6, 6.07) is 12.1. The smallest absolute Gasteiger partial charge is 0.313 e. The van der Waals surface area contributed by atoms with E-state index in [1.165, 1.54) is 12.1 Å². The second kappa shape index (κ2) is 7.24. The number of rotatable bonds is 4. The Morgan fingerprint density at radius 1 is 1.12 bits per heavy atom. The van der Waals surface area contributed by atoms with E-state index in [2.05, 4.69) is 0 Å². The minimum Gasteiger partial charge on any atom is -0.492 e. The second-order valence-corrected chi connectivity index (χ2v) is 6.29. The van der Waals surface area contributed by atoms with E-state index >= 15 is 0 Å². The third kappa shape index (κ3) is 3.71. The van der Waals surface area contributed by atoms with Crippen LogP contribution in [0.15, 0.2) is 42.5 Å². The van der Waals surface area contributed by atoms with Gasteiger partial charge in [-0.3, -0.25) is 9.59 Å². The summed E-state index contributed by atoms with van der Waals surface area (Å²) in [5, 5.41) is 0.648. The molecule has 0 amide bonds. The number of Topliss-reactive ketones (excluding diaryl/α,β-unsaturated/α-hetero) is 1. The third-order valence-electron chi connectivity index (χ3n) is 3.80. The maximum Gasteiger partial charge on any atom is 0.313 e. The lowest BCUT2D eigenvalue weighted by Crippen LogP contribution is -2.31. The number of ether oxygens (including phenoxy) is 2. The van der Waals surface area contributed by atoms with Crippen molar-refractivity contribution in [1.82, 2.24) is 0 Å². The Labute approximate surface area is 149 Å². The number of fused-ring (bicyclic) bond motifs is 1. The van der Waals surface area contributed by atoms with Crippen LogP contribution in [0.5, 0.6) is 5.75 Å². The topological polar surface area (TPSA) is 52.6 Å². The van der Waals surface area contributed by atoms with Gasteiger partial charge >= 0.3 is 5.97 Å². The van der Waals surface area contributed by atoms with Gasteiger partial charge in [0.25, 0.3) is 0 Å². The number of carbonyl (C=O) groups is 2. The highest BCUT2D eigenvalue weighted by molar-refractivity contribution is 6.42. The van der Waals surface area contributed by atoms with Gasteiger partial charge in [-0.05, 0) is 36.2 Å². The molecule has 0 unspecified atom stereocenters. The first-order chi connectivity index (χ1) is 11.5. The molecule has 0 radical (unpaired) electrons. The lowest BCUT2D eigenvalue weighted by molar-refractivity contribution is -0.148. The van der Waals surface area contributed by atoms with Crippen molar-refractivity contribution in [2.75, 3.05) is 13.2 Å². The molecule has 0 aromatic heterocycles. The highest BCUT2D eigenvalue weighted by Crippen LogP contribution is 2.27.